The lowest BCUT2D eigenvalue weighted by molar-refractivity contribution is -0.0156. The van der Waals surface area contributed by atoms with Crippen molar-refractivity contribution in [3.63, 3.8) is 0 Å². The first-order chi connectivity index (χ1) is 6.57. The van der Waals surface area contributed by atoms with E-state index in [1.165, 1.54) is 6.20 Å². The van der Waals surface area contributed by atoms with Gasteiger partial charge in [-0.3, -0.25) is 0 Å². The molecule has 0 aliphatic carbocycles. The van der Waals surface area contributed by atoms with Gasteiger partial charge in [-0.1, -0.05) is 11.6 Å². The van der Waals surface area contributed by atoms with Gasteiger partial charge in [0.15, 0.2) is 0 Å². The summed E-state index contributed by atoms with van der Waals surface area (Å²) >= 11 is 5.76. The van der Waals surface area contributed by atoms with Crippen molar-refractivity contribution in [3.05, 3.63) is 28.5 Å². The summed E-state index contributed by atoms with van der Waals surface area (Å²) in [6.07, 6.45) is -0.934. The lowest BCUT2D eigenvalue weighted by Crippen LogP contribution is -2.23. The third-order valence-electron chi connectivity index (χ3n) is 2.01. The summed E-state index contributed by atoms with van der Waals surface area (Å²) in [4.78, 5) is 3.79. The summed E-state index contributed by atoms with van der Waals surface area (Å²) in [6, 6.07) is 1.68. The van der Waals surface area contributed by atoms with Gasteiger partial charge in [0.05, 0.1) is 6.61 Å². The molecule has 1 rings (SSSR count). The zero-order valence-electron chi connectivity index (χ0n) is 7.68. The van der Waals surface area contributed by atoms with Crippen molar-refractivity contribution in [1.82, 2.24) is 4.98 Å². The van der Waals surface area contributed by atoms with E-state index in [9.17, 15) is 10.2 Å². The molecular weight excluding hydrogens is 206 g/mol. The number of pyridine rings is 1. The van der Waals surface area contributed by atoms with Crippen LogP contribution >= 0.6 is 11.6 Å². The fourth-order valence-electron chi connectivity index (χ4n) is 1.18. The van der Waals surface area contributed by atoms with E-state index < -0.39 is 18.8 Å². The average molecular weight is 218 g/mol. The number of nitrogens with zero attached hydrogens (tertiary/aromatic N) is 1. The predicted molar refractivity (Wildman–Crippen MR) is 52.0 cm³/mol. The molecule has 0 spiro atoms. The van der Waals surface area contributed by atoms with Gasteiger partial charge in [0.25, 0.3) is 0 Å². The first kappa shape index (κ1) is 11.4. The van der Waals surface area contributed by atoms with Gasteiger partial charge in [-0.15, -0.1) is 0 Å². The maximum Gasteiger partial charge on any atom is 0.135 e. The number of aliphatic hydroxyl groups is 3. The molecule has 0 radical (unpaired) electrons. The molecule has 2 atom stereocenters. The van der Waals surface area contributed by atoms with Crippen molar-refractivity contribution < 1.29 is 15.3 Å². The summed E-state index contributed by atoms with van der Waals surface area (Å²) in [5, 5.41) is 27.7. The lowest BCUT2D eigenvalue weighted by Gasteiger charge is -2.18. The van der Waals surface area contributed by atoms with Crippen LogP contribution < -0.4 is 0 Å². The zero-order chi connectivity index (χ0) is 10.7. The fourth-order valence-corrected chi connectivity index (χ4v) is 1.50. The first-order valence-corrected chi connectivity index (χ1v) is 4.53. The van der Waals surface area contributed by atoms with Crippen molar-refractivity contribution in [2.45, 2.75) is 19.1 Å². The molecule has 0 bridgehead atoms. The van der Waals surface area contributed by atoms with Crippen LogP contribution in [0.3, 0.4) is 0 Å². The van der Waals surface area contributed by atoms with E-state index in [4.69, 9.17) is 16.7 Å². The molecule has 2 unspecified atom stereocenters. The van der Waals surface area contributed by atoms with Gasteiger partial charge < -0.3 is 15.3 Å². The predicted octanol–water partition coefficient (Wildman–Crippen LogP) is 0.430. The second-order valence-corrected chi connectivity index (χ2v) is 3.39. The molecular formula is C9H12ClNO3. The Hall–Kier alpha value is -0.680. The van der Waals surface area contributed by atoms with E-state index in [1.54, 1.807) is 13.0 Å². The molecule has 1 aromatic rings. The van der Waals surface area contributed by atoms with Gasteiger partial charge in [0, 0.05) is 11.8 Å². The molecule has 0 aromatic carbocycles. The zero-order valence-corrected chi connectivity index (χ0v) is 8.44. The summed E-state index contributed by atoms with van der Waals surface area (Å²) in [5.74, 6) is 0. The molecule has 0 saturated heterocycles. The topological polar surface area (TPSA) is 73.6 Å². The summed E-state index contributed by atoms with van der Waals surface area (Å²) in [5.41, 5.74) is 1.08. The van der Waals surface area contributed by atoms with Crippen LogP contribution in [0.1, 0.15) is 17.2 Å². The Kier molecular flexibility index (Phi) is 3.83. The van der Waals surface area contributed by atoms with Crippen LogP contribution in [0.15, 0.2) is 12.3 Å². The van der Waals surface area contributed by atoms with Crippen LogP contribution in [0.25, 0.3) is 0 Å². The van der Waals surface area contributed by atoms with Crippen molar-refractivity contribution in [2.75, 3.05) is 6.61 Å². The van der Waals surface area contributed by atoms with Crippen LogP contribution in [0.2, 0.25) is 5.15 Å². The third-order valence-corrected chi connectivity index (χ3v) is 2.31. The van der Waals surface area contributed by atoms with Crippen molar-refractivity contribution >= 4 is 11.6 Å². The van der Waals surface area contributed by atoms with Crippen molar-refractivity contribution in [2.24, 2.45) is 0 Å². The van der Waals surface area contributed by atoms with E-state index in [2.05, 4.69) is 4.98 Å². The monoisotopic (exact) mass is 217 g/mol. The standard InChI is InChI=1S/C9H12ClNO3/c1-5-2-3-11-9(10)7(5)8(14)6(13)4-12/h2-3,6,8,12-14H,4H2,1H3. The maximum atomic E-state index is 9.62. The van der Waals surface area contributed by atoms with E-state index in [-0.39, 0.29) is 5.15 Å². The highest BCUT2D eigenvalue weighted by Crippen LogP contribution is 2.26. The Labute approximate surface area is 86.8 Å². The van der Waals surface area contributed by atoms with Gasteiger partial charge in [0.1, 0.15) is 17.4 Å². The SMILES string of the molecule is Cc1ccnc(Cl)c1C(O)C(O)CO. The Morgan fingerprint density at radius 2 is 2.14 bits per heavy atom. The van der Waals surface area contributed by atoms with E-state index in [0.717, 1.165) is 5.56 Å². The van der Waals surface area contributed by atoms with Crippen LogP contribution in [0.5, 0.6) is 0 Å². The minimum atomic E-state index is -1.24. The van der Waals surface area contributed by atoms with Crippen LogP contribution in [0.4, 0.5) is 0 Å². The van der Waals surface area contributed by atoms with Gasteiger partial charge in [-0.05, 0) is 18.6 Å². The first-order valence-electron chi connectivity index (χ1n) is 4.16. The Morgan fingerprint density at radius 3 is 2.64 bits per heavy atom. The maximum absolute atomic E-state index is 9.62. The highest BCUT2D eigenvalue weighted by molar-refractivity contribution is 6.30. The summed E-state index contributed by atoms with van der Waals surface area (Å²) in [6.45, 7) is 1.22. The van der Waals surface area contributed by atoms with Crippen LogP contribution in [0, 0.1) is 6.92 Å². The number of aliphatic hydroxyl groups excluding tert-OH is 3. The third kappa shape index (κ3) is 2.22. The molecule has 0 aliphatic heterocycles. The highest BCUT2D eigenvalue weighted by atomic mass is 35.5. The summed E-state index contributed by atoms with van der Waals surface area (Å²) < 4.78 is 0. The fraction of sp³-hybridized carbons (Fsp3) is 0.444. The normalized spacial score (nSPS) is 15.2. The Morgan fingerprint density at radius 1 is 1.50 bits per heavy atom. The number of rotatable bonds is 3. The molecule has 0 aliphatic rings. The van der Waals surface area contributed by atoms with Crippen molar-refractivity contribution in [3.8, 4) is 0 Å². The van der Waals surface area contributed by atoms with Gasteiger partial charge >= 0.3 is 0 Å². The van der Waals surface area contributed by atoms with E-state index in [1.807, 2.05) is 0 Å². The van der Waals surface area contributed by atoms with Gasteiger partial charge in [-0.25, -0.2) is 4.98 Å². The average Bonchev–Trinajstić information content (AvgIpc) is 2.16. The molecule has 0 fully saturated rings. The quantitative estimate of drug-likeness (QED) is 0.642. The Bertz CT molecular complexity index is 299. The van der Waals surface area contributed by atoms with E-state index >= 15 is 0 Å². The molecule has 4 nitrogen and oxygen atoms in total. The number of aryl methyl sites for hydroxylation is 1. The molecule has 78 valence electrons. The minimum absolute atomic E-state index is 0.144. The minimum Gasteiger partial charge on any atom is -0.394 e. The molecule has 3 N–H and O–H groups in total. The second kappa shape index (κ2) is 4.70. The number of hydrogen-bond donors (Lipinski definition) is 3. The summed E-state index contributed by atoms with van der Waals surface area (Å²) in [7, 11) is 0. The van der Waals surface area contributed by atoms with Crippen molar-refractivity contribution in [1.29, 1.82) is 0 Å². The molecule has 14 heavy (non-hydrogen) atoms. The molecule has 0 amide bonds. The molecule has 1 heterocycles. The number of hydrogen-bond acceptors (Lipinski definition) is 4. The smallest absolute Gasteiger partial charge is 0.135 e. The van der Waals surface area contributed by atoms with Crippen LogP contribution in [-0.4, -0.2) is 33.0 Å². The Balaban J connectivity index is 3.05. The lowest BCUT2D eigenvalue weighted by atomic mass is 10.0. The van der Waals surface area contributed by atoms with Crippen LogP contribution in [-0.2, 0) is 0 Å². The molecule has 5 heteroatoms. The van der Waals surface area contributed by atoms with Gasteiger partial charge in [0.2, 0.25) is 0 Å². The number of halogens is 1. The highest BCUT2D eigenvalue weighted by Gasteiger charge is 2.22. The van der Waals surface area contributed by atoms with E-state index in [0.29, 0.717) is 5.56 Å². The largest absolute Gasteiger partial charge is 0.394 e. The van der Waals surface area contributed by atoms with Gasteiger partial charge in [-0.2, -0.15) is 0 Å². The molecule has 0 saturated carbocycles. The second-order valence-electron chi connectivity index (χ2n) is 3.03. The molecule has 1 aromatic heterocycles. The number of aromatic nitrogens is 1.